The largest absolute Gasteiger partial charge is 0.381 e. The molecule has 2 aromatic rings. The second-order valence-electron chi connectivity index (χ2n) is 6.48. The van der Waals surface area contributed by atoms with E-state index in [1.807, 2.05) is 25.1 Å². The third-order valence-corrected chi connectivity index (χ3v) is 4.53. The highest BCUT2D eigenvalue weighted by Gasteiger charge is 2.21. The summed E-state index contributed by atoms with van der Waals surface area (Å²) in [6.07, 6.45) is 4.15. The molecule has 0 spiro atoms. The van der Waals surface area contributed by atoms with Gasteiger partial charge in [-0.1, -0.05) is 0 Å². The Morgan fingerprint density at radius 1 is 1.20 bits per heavy atom. The highest BCUT2D eigenvalue weighted by molar-refractivity contribution is 6.03. The van der Waals surface area contributed by atoms with Crippen LogP contribution in [0, 0.1) is 6.92 Å². The summed E-state index contributed by atoms with van der Waals surface area (Å²) in [7, 11) is 0. The number of nitrogens with one attached hydrogen (secondary N) is 2. The second kappa shape index (κ2) is 7.55. The van der Waals surface area contributed by atoms with Crippen molar-refractivity contribution in [2.75, 3.05) is 28.6 Å². The lowest BCUT2D eigenvalue weighted by atomic mass is 10.1. The number of aryl methyl sites for hydroxylation is 1. The monoisotopic (exact) mass is 338 g/mol. The van der Waals surface area contributed by atoms with Crippen LogP contribution in [-0.4, -0.2) is 30.0 Å². The van der Waals surface area contributed by atoms with Crippen LogP contribution in [0.15, 0.2) is 36.5 Å². The molecule has 1 aromatic carbocycles. The number of anilines is 3. The molecule has 5 heteroatoms. The second-order valence-corrected chi connectivity index (χ2v) is 6.48. The van der Waals surface area contributed by atoms with Gasteiger partial charge in [0.05, 0.1) is 11.9 Å². The van der Waals surface area contributed by atoms with E-state index in [-0.39, 0.29) is 5.91 Å². The number of hydrogen-bond donors (Lipinski definition) is 2. The number of carbonyl (C=O) groups is 1. The molecule has 1 aromatic heterocycles. The Hall–Kier alpha value is -2.56. The van der Waals surface area contributed by atoms with E-state index in [4.69, 9.17) is 0 Å². The fraction of sp³-hybridized carbons (Fsp3) is 0.400. The van der Waals surface area contributed by atoms with Crippen LogP contribution in [0.4, 0.5) is 17.1 Å². The van der Waals surface area contributed by atoms with Gasteiger partial charge in [-0.2, -0.15) is 0 Å². The van der Waals surface area contributed by atoms with Gasteiger partial charge in [0, 0.05) is 30.5 Å². The van der Waals surface area contributed by atoms with E-state index in [2.05, 4.69) is 40.4 Å². The predicted molar refractivity (Wildman–Crippen MR) is 104 cm³/mol. The molecular weight excluding hydrogens is 312 g/mol. The maximum Gasteiger partial charge on any atom is 0.274 e. The first kappa shape index (κ1) is 17.3. The fourth-order valence-electron chi connectivity index (χ4n) is 2.84. The van der Waals surface area contributed by atoms with Crippen molar-refractivity contribution in [3.8, 4) is 0 Å². The molecule has 1 saturated carbocycles. The zero-order chi connectivity index (χ0) is 17.8. The van der Waals surface area contributed by atoms with E-state index in [9.17, 15) is 4.79 Å². The first-order valence-corrected chi connectivity index (χ1v) is 9.00. The molecule has 0 saturated heterocycles. The van der Waals surface area contributed by atoms with Gasteiger partial charge in [0.2, 0.25) is 0 Å². The molecule has 1 heterocycles. The first-order valence-electron chi connectivity index (χ1n) is 9.00. The molecule has 0 atom stereocenters. The van der Waals surface area contributed by atoms with Gasteiger partial charge in [-0.25, -0.2) is 4.98 Å². The normalized spacial score (nSPS) is 13.4. The van der Waals surface area contributed by atoms with Crippen LogP contribution < -0.4 is 15.5 Å². The number of nitrogens with zero attached hydrogens (tertiary/aromatic N) is 2. The summed E-state index contributed by atoms with van der Waals surface area (Å²) in [6, 6.07) is 10.4. The molecule has 0 bridgehead atoms. The highest BCUT2D eigenvalue weighted by atomic mass is 16.1. The number of hydrogen-bond acceptors (Lipinski definition) is 4. The van der Waals surface area contributed by atoms with Crippen molar-refractivity contribution >= 4 is 23.0 Å². The summed E-state index contributed by atoms with van der Waals surface area (Å²) in [5.74, 6) is -0.184. The van der Waals surface area contributed by atoms with Gasteiger partial charge >= 0.3 is 0 Å². The van der Waals surface area contributed by atoms with Gasteiger partial charge in [-0.05, 0) is 69.5 Å². The van der Waals surface area contributed by atoms with Gasteiger partial charge in [0.1, 0.15) is 5.69 Å². The summed E-state index contributed by atoms with van der Waals surface area (Å²) >= 11 is 0. The standard InChI is InChI=1S/C20H26N4O/c1-4-24(5-2)17-9-11-18(14(3)12-17)23-20(25)19-10-8-16(13-21-19)22-15-6-7-15/h8-13,15,22H,4-7H2,1-3H3,(H,23,25). The van der Waals surface area contributed by atoms with Crippen LogP contribution in [0.1, 0.15) is 42.7 Å². The van der Waals surface area contributed by atoms with Crippen molar-refractivity contribution < 1.29 is 4.79 Å². The van der Waals surface area contributed by atoms with E-state index in [0.717, 1.165) is 30.0 Å². The number of pyridine rings is 1. The van der Waals surface area contributed by atoms with E-state index >= 15 is 0 Å². The Bertz CT molecular complexity index is 734. The molecule has 1 amide bonds. The first-order chi connectivity index (χ1) is 12.1. The maximum atomic E-state index is 12.4. The topological polar surface area (TPSA) is 57.3 Å². The van der Waals surface area contributed by atoms with Gasteiger partial charge in [-0.15, -0.1) is 0 Å². The molecule has 1 aliphatic carbocycles. The molecule has 25 heavy (non-hydrogen) atoms. The summed E-state index contributed by atoms with van der Waals surface area (Å²) < 4.78 is 0. The van der Waals surface area contributed by atoms with Gasteiger partial charge in [-0.3, -0.25) is 4.79 Å². The Labute approximate surface area is 149 Å². The highest BCUT2D eigenvalue weighted by Crippen LogP contribution is 2.25. The zero-order valence-corrected chi connectivity index (χ0v) is 15.2. The minimum atomic E-state index is -0.184. The third-order valence-electron chi connectivity index (χ3n) is 4.53. The van der Waals surface area contributed by atoms with Gasteiger partial charge in [0.15, 0.2) is 0 Å². The fourth-order valence-corrected chi connectivity index (χ4v) is 2.84. The molecule has 1 aliphatic rings. The quantitative estimate of drug-likeness (QED) is 0.799. The van der Waals surface area contributed by atoms with Crippen LogP contribution in [0.3, 0.4) is 0 Å². The molecule has 3 rings (SSSR count). The number of amides is 1. The molecular formula is C20H26N4O. The maximum absolute atomic E-state index is 12.4. The van der Waals surface area contributed by atoms with Crippen molar-refractivity contribution in [2.24, 2.45) is 0 Å². The summed E-state index contributed by atoms with van der Waals surface area (Å²) in [5, 5.41) is 6.33. The molecule has 5 nitrogen and oxygen atoms in total. The molecule has 0 radical (unpaired) electrons. The summed E-state index contributed by atoms with van der Waals surface area (Å²) in [4.78, 5) is 19.0. The number of aromatic nitrogens is 1. The number of rotatable bonds is 7. The number of carbonyl (C=O) groups excluding carboxylic acids is 1. The average molecular weight is 338 g/mol. The van der Waals surface area contributed by atoms with Crippen LogP contribution in [0.5, 0.6) is 0 Å². The number of benzene rings is 1. The Morgan fingerprint density at radius 2 is 1.96 bits per heavy atom. The lowest BCUT2D eigenvalue weighted by molar-refractivity contribution is 0.102. The summed E-state index contributed by atoms with van der Waals surface area (Å²) in [5.41, 5.74) is 4.44. The van der Waals surface area contributed by atoms with Crippen molar-refractivity contribution in [1.82, 2.24) is 4.98 Å². The average Bonchev–Trinajstić information content (AvgIpc) is 3.43. The van der Waals surface area contributed by atoms with E-state index in [1.54, 1.807) is 12.3 Å². The zero-order valence-electron chi connectivity index (χ0n) is 15.2. The lowest BCUT2D eigenvalue weighted by Gasteiger charge is -2.22. The minimum Gasteiger partial charge on any atom is -0.381 e. The van der Waals surface area contributed by atoms with Gasteiger partial charge < -0.3 is 15.5 Å². The molecule has 0 aliphatic heterocycles. The molecule has 2 N–H and O–H groups in total. The van der Waals surface area contributed by atoms with Crippen LogP contribution in [-0.2, 0) is 0 Å². The third kappa shape index (κ3) is 4.29. The van der Waals surface area contributed by atoms with Crippen molar-refractivity contribution in [1.29, 1.82) is 0 Å². The van der Waals surface area contributed by atoms with Crippen molar-refractivity contribution in [3.63, 3.8) is 0 Å². The summed E-state index contributed by atoms with van der Waals surface area (Å²) in [6.45, 7) is 8.22. The SMILES string of the molecule is CCN(CC)c1ccc(NC(=O)c2ccc(NC3CC3)cn2)c(C)c1. The van der Waals surface area contributed by atoms with E-state index < -0.39 is 0 Å². The Kier molecular flexibility index (Phi) is 5.22. The molecule has 1 fully saturated rings. The predicted octanol–water partition coefficient (Wildman–Crippen LogP) is 4.06. The minimum absolute atomic E-state index is 0.184. The van der Waals surface area contributed by atoms with E-state index in [1.165, 1.54) is 18.5 Å². The smallest absolute Gasteiger partial charge is 0.274 e. The van der Waals surface area contributed by atoms with Crippen molar-refractivity contribution in [3.05, 3.63) is 47.8 Å². The van der Waals surface area contributed by atoms with Crippen LogP contribution in [0.2, 0.25) is 0 Å². The van der Waals surface area contributed by atoms with Gasteiger partial charge in [0.25, 0.3) is 5.91 Å². The Morgan fingerprint density at radius 3 is 2.52 bits per heavy atom. The Balaban J connectivity index is 1.67. The molecule has 0 unspecified atom stereocenters. The van der Waals surface area contributed by atoms with Crippen molar-refractivity contribution in [2.45, 2.75) is 39.7 Å². The van der Waals surface area contributed by atoms with Crippen LogP contribution >= 0.6 is 0 Å². The lowest BCUT2D eigenvalue weighted by Crippen LogP contribution is -2.22. The molecule has 132 valence electrons. The van der Waals surface area contributed by atoms with E-state index in [0.29, 0.717) is 11.7 Å². The van der Waals surface area contributed by atoms with Crippen LogP contribution in [0.25, 0.3) is 0 Å².